The molecule has 1 aliphatic rings. The van der Waals surface area contributed by atoms with Crippen LogP contribution >= 0.6 is 0 Å². The molecular weight excluding hydrogens is 348 g/mol. The zero-order valence-electron chi connectivity index (χ0n) is 16.2. The molecular formula is C22H25F2NO2. The number of rotatable bonds is 5. The standard InChI is InChI=1S/C22H25F2NO2/c1-5-11-26-19-12-14(22(2,3)4)9-10-15(19)18-13-27-21(25-18)20-16(23)7-6-8-17(20)24/h6-10,12,18H,5,11,13H2,1-4H3. The molecule has 0 fully saturated rings. The molecule has 0 N–H and O–H groups in total. The average molecular weight is 373 g/mol. The fourth-order valence-electron chi connectivity index (χ4n) is 2.99. The van der Waals surface area contributed by atoms with Crippen molar-refractivity contribution < 1.29 is 18.3 Å². The molecule has 0 saturated carbocycles. The van der Waals surface area contributed by atoms with Crippen molar-refractivity contribution in [2.24, 2.45) is 4.99 Å². The van der Waals surface area contributed by atoms with Crippen LogP contribution in [-0.4, -0.2) is 19.1 Å². The van der Waals surface area contributed by atoms with E-state index >= 15 is 0 Å². The van der Waals surface area contributed by atoms with E-state index in [2.05, 4.69) is 25.8 Å². The van der Waals surface area contributed by atoms with E-state index in [0.717, 1.165) is 23.3 Å². The van der Waals surface area contributed by atoms with Crippen LogP contribution in [0.5, 0.6) is 5.75 Å². The number of ether oxygens (including phenoxy) is 2. The van der Waals surface area contributed by atoms with Crippen LogP contribution in [0.4, 0.5) is 8.78 Å². The van der Waals surface area contributed by atoms with Crippen LogP contribution in [0.25, 0.3) is 0 Å². The van der Waals surface area contributed by atoms with Gasteiger partial charge in [-0.2, -0.15) is 0 Å². The molecule has 1 aliphatic heterocycles. The molecule has 0 radical (unpaired) electrons. The Morgan fingerprint density at radius 2 is 1.85 bits per heavy atom. The highest BCUT2D eigenvalue weighted by molar-refractivity contribution is 5.95. The van der Waals surface area contributed by atoms with Gasteiger partial charge in [0.25, 0.3) is 0 Å². The number of hydrogen-bond acceptors (Lipinski definition) is 3. The summed E-state index contributed by atoms with van der Waals surface area (Å²) in [5.74, 6) is -0.617. The Labute approximate surface area is 159 Å². The van der Waals surface area contributed by atoms with Crippen LogP contribution < -0.4 is 4.74 Å². The second kappa shape index (κ2) is 7.67. The molecule has 0 amide bonds. The van der Waals surface area contributed by atoms with E-state index in [4.69, 9.17) is 9.47 Å². The summed E-state index contributed by atoms with van der Waals surface area (Å²) in [5, 5.41) is 0. The van der Waals surface area contributed by atoms with Gasteiger partial charge >= 0.3 is 0 Å². The van der Waals surface area contributed by atoms with Crippen LogP contribution in [0.3, 0.4) is 0 Å². The van der Waals surface area contributed by atoms with Crippen molar-refractivity contribution in [3.8, 4) is 5.75 Å². The second-order valence-electron chi connectivity index (χ2n) is 7.71. The molecule has 5 heteroatoms. The molecule has 144 valence electrons. The molecule has 1 heterocycles. The van der Waals surface area contributed by atoms with E-state index in [-0.39, 0.29) is 29.5 Å². The summed E-state index contributed by atoms with van der Waals surface area (Å²) in [6.07, 6.45) is 0.884. The Hall–Kier alpha value is -2.43. The molecule has 0 aromatic heterocycles. The van der Waals surface area contributed by atoms with Gasteiger partial charge in [-0.3, -0.25) is 0 Å². The van der Waals surface area contributed by atoms with Crippen LogP contribution in [0.2, 0.25) is 0 Å². The highest BCUT2D eigenvalue weighted by Crippen LogP contribution is 2.36. The van der Waals surface area contributed by atoms with Crippen molar-refractivity contribution in [3.63, 3.8) is 0 Å². The second-order valence-corrected chi connectivity index (χ2v) is 7.71. The molecule has 3 nitrogen and oxygen atoms in total. The zero-order chi connectivity index (χ0) is 19.6. The molecule has 1 unspecified atom stereocenters. The summed E-state index contributed by atoms with van der Waals surface area (Å²) >= 11 is 0. The predicted molar refractivity (Wildman–Crippen MR) is 103 cm³/mol. The summed E-state index contributed by atoms with van der Waals surface area (Å²) in [4.78, 5) is 4.45. The SMILES string of the molecule is CCCOc1cc(C(C)(C)C)ccc1C1COC(c2c(F)cccc2F)=N1. The third-order valence-electron chi connectivity index (χ3n) is 4.53. The maximum absolute atomic E-state index is 14.0. The fraction of sp³-hybridized carbons (Fsp3) is 0.409. The summed E-state index contributed by atoms with van der Waals surface area (Å²) < 4.78 is 39.6. The average Bonchev–Trinajstić information content (AvgIpc) is 3.08. The first-order valence-corrected chi connectivity index (χ1v) is 9.23. The first-order valence-electron chi connectivity index (χ1n) is 9.23. The molecule has 1 atom stereocenters. The first kappa shape index (κ1) is 19.3. The Balaban J connectivity index is 1.97. The van der Waals surface area contributed by atoms with Crippen LogP contribution in [0.15, 0.2) is 41.4 Å². The highest BCUT2D eigenvalue weighted by atomic mass is 19.1. The Morgan fingerprint density at radius 3 is 2.48 bits per heavy atom. The minimum atomic E-state index is -0.681. The minimum Gasteiger partial charge on any atom is -0.493 e. The topological polar surface area (TPSA) is 30.8 Å². The van der Waals surface area contributed by atoms with Gasteiger partial charge in [-0.15, -0.1) is 0 Å². The smallest absolute Gasteiger partial charge is 0.222 e. The predicted octanol–water partition coefficient (Wildman–Crippen LogP) is 5.57. The summed E-state index contributed by atoms with van der Waals surface area (Å²) in [7, 11) is 0. The van der Waals surface area contributed by atoms with Gasteiger partial charge in [-0.25, -0.2) is 13.8 Å². The largest absolute Gasteiger partial charge is 0.493 e. The van der Waals surface area contributed by atoms with Gasteiger partial charge in [0.05, 0.1) is 6.61 Å². The van der Waals surface area contributed by atoms with Crippen molar-refractivity contribution in [1.82, 2.24) is 0 Å². The quantitative estimate of drug-likeness (QED) is 0.686. The summed E-state index contributed by atoms with van der Waals surface area (Å²) in [6.45, 7) is 9.28. The summed E-state index contributed by atoms with van der Waals surface area (Å²) in [6, 6.07) is 9.41. The minimum absolute atomic E-state index is 0.00283. The Bertz CT molecular complexity index is 836. The molecule has 27 heavy (non-hydrogen) atoms. The number of benzene rings is 2. The molecule has 0 aliphatic carbocycles. The number of nitrogens with zero attached hydrogens (tertiary/aromatic N) is 1. The van der Waals surface area contributed by atoms with Crippen molar-refractivity contribution >= 4 is 5.90 Å². The van der Waals surface area contributed by atoms with E-state index < -0.39 is 11.6 Å². The third kappa shape index (κ3) is 4.12. The number of aliphatic imine (C=N–C) groups is 1. The fourth-order valence-corrected chi connectivity index (χ4v) is 2.99. The molecule has 0 bridgehead atoms. The lowest BCUT2D eigenvalue weighted by molar-refractivity contribution is 0.296. The Morgan fingerprint density at radius 1 is 1.15 bits per heavy atom. The van der Waals surface area contributed by atoms with Crippen molar-refractivity contribution in [1.29, 1.82) is 0 Å². The first-order chi connectivity index (χ1) is 12.8. The van der Waals surface area contributed by atoms with Gasteiger partial charge in [-0.05, 0) is 35.6 Å². The lowest BCUT2D eigenvalue weighted by Gasteiger charge is -2.22. The van der Waals surface area contributed by atoms with Gasteiger partial charge in [-0.1, -0.05) is 45.9 Å². The van der Waals surface area contributed by atoms with E-state index in [0.29, 0.717) is 6.61 Å². The van der Waals surface area contributed by atoms with Gasteiger partial charge in [0.15, 0.2) is 0 Å². The van der Waals surface area contributed by atoms with Crippen LogP contribution in [0, 0.1) is 11.6 Å². The maximum Gasteiger partial charge on any atom is 0.222 e. The van der Waals surface area contributed by atoms with E-state index in [1.165, 1.54) is 18.2 Å². The van der Waals surface area contributed by atoms with E-state index in [1.54, 1.807) is 0 Å². The van der Waals surface area contributed by atoms with Crippen LogP contribution in [-0.2, 0) is 10.2 Å². The molecule has 2 aromatic rings. The van der Waals surface area contributed by atoms with Crippen molar-refractivity contribution in [2.75, 3.05) is 13.2 Å². The van der Waals surface area contributed by atoms with Gasteiger partial charge < -0.3 is 9.47 Å². The molecule has 0 saturated heterocycles. The Kier molecular flexibility index (Phi) is 5.49. The normalized spacial score (nSPS) is 16.8. The lowest BCUT2D eigenvalue weighted by Crippen LogP contribution is -2.13. The number of halogens is 2. The van der Waals surface area contributed by atoms with E-state index in [9.17, 15) is 8.78 Å². The van der Waals surface area contributed by atoms with E-state index in [1.807, 2.05) is 25.1 Å². The monoisotopic (exact) mass is 373 g/mol. The molecule has 3 rings (SSSR count). The third-order valence-corrected chi connectivity index (χ3v) is 4.53. The van der Waals surface area contributed by atoms with Gasteiger partial charge in [0.2, 0.25) is 5.90 Å². The van der Waals surface area contributed by atoms with Crippen molar-refractivity contribution in [2.45, 2.75) is 45.6 Å². The van der Waals surface area contributed by atoms with Gasteiger partial charge in [0, 0.05) is 5.56 Å². The highest BCUT2D eigenvalue weighted by Gasteiger charge is 2.28. The summed E-state index contributed by atoms with van der Waals surface area (Å²) in [5.41, 5.74) is 1.78. The molecule has 0 spiro atoms. The maximum atomic E-state index is 14.0. The van der Waals surface area contributed by atoms with Crippen molar-refractivity contribution in [3.05, 3.63) is 64.7 Å². The zero-order valence-corrected chi connectivity index (χ0v) is 16.2. The van der Waals surface area contributed by atoms with Gasteiger partial charge in [0.1, 0.15) is 35.6 Å². The lowest BCUT2D eigenvalue weighted by atomic mass is 9.86. The number of hydrogen-bond donors (Lipinski definition) is 0. The van der Waals surface area contributed by atoms with Crippen LogP contribution in [0.1, 0.15) is 56.8 Å². The molecule has 2 aromatic carbocycles.